The summed E-state index contributed by atoms with van der Waals surface area (Å²) in [6.45, 7) is 6.02. The minimum Gasteiger partial charge on any atom is -0.474 e. The van der Waals surface area contributed by atoms with Gasteiger partial charge < -0.3 is 15.0 Å². The number of rotatable bonds is 4. The zero-order valence-electron chi connectivity index (χ0n) is 15.1. The third-order valence-corrected chi connectivity index (χ3v) is 4.58. The number of aromatic nitrogens is 1. The molecule has 0 aliphatic carbocycles. The maximum Gasteiger partial charge on any atom is 0.255 e. The highest BCUT2D eigenvalue weighted by Crippen LogP contribution is 2.19. The lowest BCUT2D eigenvalue weighted by Crippen LogP contribution is -2.35. The Balaban J connectivity index is 1.60. The number of hydrogen-bond donors (Lipinski definition) is 1. The summed E-state index contributed by atoms with van der Waals surface area (Å²) in [4.78, 5) is 19.1. The van der Waals surface area contributed by atoms with Crippen molar-refractivity contribution in [3.63, 3.8) is 0 Å². The van der Waals surface area contributed by atoms with Gasteiger partial charge in [0.25, 0.3) is 5.91 Å². The number of carbonyl (C=O) groups is 1. The number of nitrogens with one attached hydrogen (secondary N) is 1. The molecule has 5 heteroatoms. The van der Waals surface area contributed by atoms with Crippen LogP contribution in [0.4, 0.5) is 5.69 Å². The minimum absolute atomic E-state index is 0.119. The zero-order chi connectivity index (χ0) is 17.8. The molecule has 1 aliphatic rings. The highest BCUT2D eigenvalue weighted by atomic mass is 16.5. The van der Waals surface area contributed by atoms with E-state index >= 15 is 0 Å². The van der Waals surface area contributed by atoms with Crippen LogP contribution in [0, 0.1) is 13.8 Å². The number of piperidine rings is 1. The standard InChI is InChI=1S/C20H25N3O2/c1-14-4-5-15(2)18(12-14)20(24)22-16-6-7-19(21-13-16)25-17-8-10-23(3)11-9-17/h4-7,12-13,17H,8-11H2,1-3H3,(H,22,24). The normalized spacial score (nSPS) is 15.8. The summed E-state index contributed by atoms with van der Waals surface area (Å²) in [5.74, 6) is 0.492. The Kier molecular flexibility index (Phi) is 5.34. The molecule has 2 aromatic rings. The van der Waals surface area contributed by atoms with E-state index in [0.717, 1.165) is 37.1 Å². The van der Waals surface area contributed by atoms with Gasteiger partial charge in [-0.25, -0.2) is 4.98 Å². The summed E-state index contributed by atoms with van der Waals surface area (Å²) < 4.78 is 5.93. The monoisotopic (exact) mass is 339 g/mol. The fraction of sp³-hybridized carbons (Fsp3) is 0.400. The van der Waals surface area contributed by atoms with Gasteiger partial charge in [0.05, 0.1) is 11.9 Å². The lowest BCUT2D eigenvalue weighted by Gasteiger charge is -2.28. The summed E-state index contributed by atoms with van der Waals surface area (Å²) >= 11 is 0. The molecule has 1 fully saturated rings. The van der Waals surface area contributed by atoms with Crippen LogP contribution in [-0.2, 0) is 0 Å². The van der Waals surface area contributed by atoms with Gasteiger partial charge in [-0.15, -0.1) is 0 Å². The first-order valence-electron chi connectivity index (χ1n) is 8.71. The second-order valence-corrected chi connectivity index (χ2v) is 6.78. The Hall–Kier alpha value is -2.40. The number of likely N-dealkylation sites (tertiary alicyclic amines) is 1. The fourth-order valence-corrected chi connectivity index (χ4v) is 2.98. The van der Waals surface area contributed by atoms with E-state index in [4.69, 9.17) is 4.74 Å². The molecule has 5 nitrogen and oxygen atoms in total. The number of hydrogen-bond acceptors (Lipinski definition) is 4. The van der Waals surface area contributed by atoms with Crippen molar-refractivity contribution < 1.29 is 9.53 Å². The number of anilines is 1. The number of benzene rings is 1. The Labute approximate surface area is 149 Å². The summed E-state index contributed by atoms with van der Waals surface area (Å²) in [5.41, 5.74) is 3.38. The number of carbonyl (C=O) groups excluding carboxylic acids is 1. The van der Waals surface area contributed by atoms with Crippen molar-refractivity contribution in [3.05, 3.63) is 53.2 Å². The molecular formula is C20H25N3O2. The van der Waals surface area contributed by atoms with Crippen molar-refractivity contribution in [3.8, 4) is 5.88 Å². The van der Waals surface area contributed by atoms with E-state index in [9.17, 15) is 4.79 Å². The summed E-state index contributed by atoms with van der Waals surface area (Å²) in [7, 11) is 2.13. The highest BCUT2D eigenvalue weighted by molar-refractivity contribution is 6.05. The van der Waals surface area contributed by atoms with Crippen molar-refractivity contribution >= 4 is 11.6 Å². The van der Waals surface area contributed by atoms with Crippen LogP contribution in [0.2, 0.25) is 0 Å². The van der Waals surface area contributed by atoms with Gasteiger partial charge in [0.2, 0.25) is 5.88 Å². The molecule has 0 saturated carbocycles. The van der Waals surface area contributed by atoms with Crippen molar-refractivity contribution in [1.29, 1.82) is 0 Å². The predicted molar refractivity (Wildman–Crippen MR) is 99.3 cm³/mol. The molecule has 0 spiro atoms. The topological polar surface area (TPSA) is 54.5 Å². The lowest BCUT2D eigenvalue weighted by atomic mass is 10.1. The van der Waals surface area contributed by atoms with Crippen molar-refractivity contribution in [1.82, 2.24) is 9.88 Å². The van der Waals surface area contributed by atoms with Gasteiger partial charge in [-0.05, 0) is 51.4 Å². The van der Waals surface area contributed by atoms with Crippen LogP contribution in [0.15, 0.2) is 36.5 Å². The van der Waals surface area contributed by atoms with Crippen molar-refractivity contribution in [2.75, 3.05) is 25.5 Å². The summed E-state index contributed by atoms with van der Waals surface area (Å²) in [6.07, 6.45) is 3.90. The number of amides is 1. The highest BCUT2D eigenvalue weighted by Gasteiger charge is 2.18. The summed E-state index contributed by atoms with van der Waals surface area (Å²) in [6, 6.07) is 9.51. The molecule has 3 rings (SSSR count). The maximum absolute atomic E-state index is 12.4. The van der Waals surface area contributed by atoms with E-state index < -0.39 is 0 Å². The minimum atomic E-state index is -0.119. The van der Waals surface area contributed by atoms with Crippen LogP contribution in [0.5, 0.6) is 5.88 Å². The van der Waals surface area contributed by atoms with E-state index in [2.05, 4.69) is 22.2 Å². The van der Waals surface area contributed by atoms with E-state index in [0.29, 0.717) is 17.1 Å². The largest absolute Gasteiger partial charge is 0.474 e. The molecule has 0 radical (unpaired) electrons. The van der Waals surface area contributed by atoms with Crippen LogP contribution in [-0.4, -0.2) is 42.0 Å². The van der Waals surface area contributed by atoms with Gasteiger partial charge in [0.15, 0.2) is 0 Å². The molecule has 2 heterocycles. The molecule has 0 bridgehead atoms. The van der Waals surface area contributed by atoms with Gasteiger partial charge in [-0.1, -0.05) is 17.7 Å². The maximum atomic E-state index is 12.4. The summed E-state index contributed by atoms with van der Waals surface area (Å²) in [5, 5.41) is 2.90. The first-order chi connectivity index (χ1) is 12.0. The van der Waals surface area contributed by atoms with E-state index in [1.165, 1.54) is 0 Å². The first kappa shape index (κ1) is 17.4. The van der Waals surface area contributed by atoms with Gasteiger partial charge >= 0.3 is 0 Å². The Morgan fingerprint density at radius 3 is 2.64 bits per heavy atom. The third kappa shape index (κ3) is 4.57. The molecule has 1 saturated heterocycles. The smallest absolute Gasteiger partial charge is 0.255 e. The Bertz CT molecular complexity index is 735. The van der Waals surface area contributed by atoms with Crippen molar-refractivity contribution in [2.45, 2.75) is 32.8 Å². The van der Waals surface area contributed by atoms with Gasteiger partial charge in [-0.2, -0.15) is 0 Å². The van der Waals surface area contributed by atoms with Crippen LogP contribution in [0.3, 0.4) is 0 Å². The number of nitrogens with zero attached hydrogens (tertiary/aromatic N) is 2. The molecule has 1 aliphatic heterocycles. The first-order valence-corrected chi connectivity index (χ1v) is 8.71. The molecule has 0 atom stereocenters. The van der Waals surface area contributed by atoms with Gasteiger partial charge in [0.1, 0.15) is 6.10 Å². The van der Waals surface area contributed by atoms with Crippen LogP contribution >= 0.6 is 0 Å². The molecular weight excluding hydrogens is 314 g/mol. The molecule has 25 heavy (non-hydrogen) atoms. The van der Waals surface area contributed by atoms with Crippen LogP contribution < -0.4 is 10.1 Å². The number of pyridine rings is 1. The molecule has 132 valence electrons. The average molecular weight is 339 g/mol. The SMILES string of the molecule is Cc1ccc(C)c(C(=O)Nc2ccc(OC3CCN(C)CC3)nc2)c1. The molecule has 1 aromatic heterocycles. The molecule has 0 unspecified atom stereocenters. The Morgan fingerprint density at radius 2 is 1.96 bits per heavy atom. The quantitative estimate of drug-likeness (QED) is 0.927. The predicted octanol–water partition coefficient (Wildman–Crippen LogP) is 3.42. The third-order valence-electron chi connectivity index (χ3n) is 4.58. The zero-order valence-corrected chi connectivity index (χ0v) is 15.1. The second-order valence-electron chi connectivity index (χ2n) is 6.78. The molecule has 1 amide bonds. The van der Waals surface area contributed by atoms with Crippen molar-refractivity contribution in [2.24, 2.45) is 0 Å². The molecule has 1 N–H and O–H groups in total. The van der Waals surface area contributed by atoms with E-state index in [1.807, 2.05) is 44.2 Å². The fourth-order valence-electron chi connectivity index (χ4n) is 2.98. The molecule has 1 aromatic carbocycles. The van der Waals surface area contributed by atoms with Crippen LogP contribution in [0.1, 0.15) is 34.3 Å². The number of aryl methyl sites for hydroxylation is 2. The van der Waals surface area contributed by atoms with Crippen LogP contribution in [0.25, 0.3) is 0 Å². The second kappa shape index (κ2) is 7.66. The Morgan fingerprint density at radius 1 is 1.20 bits per heavy atom. The number of ether oxygens (including phenoxy) is 1. The average Bonchev–Trinajstić information content (AvgIpc) is 2.60. The van der Waals surface area contributed by atoms with Gasteiger partial charge in [-0.3, -0.25) is 4.79 Å². The van der Waals surface area contributed by atoms with Gasteiger partial charge in [0, 0.05) is 24.7 Å². The van der Waals surface area contributed by atoms with E-state index in [-0.39, 0.29) is 12.0 Å². The lowest BCUT2D eigenvalue weighted by molar-refractivity contribution is 0.102. The van der Waals surface area contributed by atoms with E-state index in [1.54, 1.807) is 6.20 Å².